The lowest BCUT2D eigenvalue weighted by atomic mass is 10.3. The summed E-state index contributed by atoms with van der Waals surface area (Å²) in [5.74, 6) is 0. The molecule has 1 N–H and O–H groups in total. The number of hydrogen-bond donors (Lipinski definition) is 1. The third kappa shape index (κ3) is 7.65. The van der Waals surface area contributed by atoms with Crippen LogP contribution in [0.2, 0.25) is 0 Å². The molecule has 1 unspecified atom stereocenters. The van der Waals surface area contributed by atoms with Crippen molar-refractivity contribution in [3.05, 3.63) is 0 Å². The van der Waals surface area contributed by atoms with Crippen LogP contribution in [0.3, 0.4) is 0 Å². The van der Waals surface area contributed by atoms with Crippen molar-refractivity contribution >= 4 is 11.8 Å². The van der Waals surface area contributed by atoms with Crippen molar-refractivity contribution < 1.29 is 0 Å². The molecule has 0 aliphatic carbocycles. The van der Waals surface area contributed by atoms with Crippen molar-refractivity contribution in [1.29, 1.82) is 0 Å². The molecule has 0 saturated heterocycles. The zero-order chi connectivity index (χ0) is 10.8. The molecule has 0 aliphatic rings. The molecule has 0 saturated carbocycles. The molecule has 0 rings (SSSR count). The maximum Gasteiger partial charge on any atom is 0.0107 e. The molecule has 0 aromatic carbocycles. The Kier molecular flexibility index (Phi) is 10.0. The van der Waals surface area contributed by atoms with Gasteiger partial charge in [0.05, 0.1) is 0 Å². The second-order valence-corrected chi connectivity index (χ2v) is 4.89. The number of hydrogen-bond acceptors (Lipinski definition) is 3. The van der Waals surface area contributed by atoms with Crippen LogP contribution in [0.5, 0.6) is 0 Å². The Labute approximate surface area is 93.8 Å². The van der Waals surface area contributed by atoms with Crippen LogP contribution >= 0.6 is 11.8 Å². The number of likely N-dealkylation sites (N-methyl/N-ethyl adjacent to an activating group) is 1. The van der Waals surface area contributed by atoms with Gasteiger partial charge in [0.15, 0.2) is 0 Å². The van der Waals surface area contributed by atoms with Crippen molar-refractivity contribution in [3.63, 3.8) is 0 Å². The second-order valence-electron chi connectivity index (χ2n) is 3.61. The SMILES string of the molecule is CCN(CC)CCNCCC(C)SC. The molecule has 0 aromatic heterocycles. The zero-order valence-electron chi connectivity index (χ0n) is 10.2. The fourth-order valence-electron chi connectivity index (χ4n) is 1.33. The fraction of sp³-hybridized carbons (Fsp3) is 1.00. The first-order valence-electron chi connectivity index (χ1n) is 5.70. The lowest BCUT2D eigenvalue weighted by molar-refractivity contribution is 0.302. The molecule has 86 valence electrons. The van der Waals surface area contributed by atoms with Gasteiger partial charge in [0.25, 0.3) is 0 Å². The van der Waals surface area contributed by atoms with E-state index in [9.17, 15) is 0 Å². The molecule has 0 aromatic rings. The normalized spacial score (nSPS) is 13.5. The van der Waals surface area contributed by atoms with E-state index in [-0.39, 0.29) is 0 Å². The maximum atomic E-state index is 3.49. The highest BCUT2D eigenvalue weighted by Crippen LogP contribution is 2.07. The Hall–Kier alpha value is 0.270. The highest BCUT2D eigenvalue weighted by Gasteiger charge is 1.99. The van der Waals surface area contributed by atoms with Crippen LogP contribution in [0, 0.1) is 0 Å². The monoisotopic (exact) mass is 218 g/mol. The van der Waals surface area contributed by atoms with Crippen molar-refractivity contribution in [1.82, 2.24) is 10.2 Å². The first-order chi connectivity index (χ1) is 6.74. The first-order valence-corrected chi connectivity index (χ1v) is 6.99. The predicted molar refractivity (Wildman–Crippen MR) is 68.3 cm³/mol. The van der Waals surface area contributed by atoms with Crippen LogP contribution in [0.1, 0.15) is 27.2 Å². The van der Waals surface area contributed by atoms with Crippen molar-refractivity contribution in [2.24, 2.45) is 0 Å². The van der Waals surface area contributed by atoms with Gasteiger partial charge in [-0.1, -0.05) is 20.8 Å². The predicted octanol–water partition coefficient (Wildman–Crippen LogP) is 2.06. The molecule has 3 heteroatoms. The number of rotatable bonds is 9. The Balaban J connectivity index is 3.20. The van der Waals surface area contributed by atoms with Gasteiger partial charge in [-0.25, -0.2) is 0 Å². The summed E-state index contributed by atoms with van der Waals surface area (Å²) in [7, 11) is 0. The topological polar surface area (TPSA) is 15.3 Å². The van der Waals surface area contributed by atoms with E-state index in [0.29, 0.717) is 0 Å². The van der Waals surface area contributed by atoms with Crippen molar-refractivity contribution in [2.45, 2.75) is 32.4 Å². The average molecular weight is 218 g/mol. The second kappa shape index (κ2) is 9.81. The van der Waals surface area contributed by atoms with E-state index in [4.69, 9.17) is 0 Å². The highest BCUT2D eigenvalue weighted by atomic mass is 32.2. The molecule has 0 fully saturated rings. The smallest absolute Gasteiger partial charge is 0.0107 e. The minimum atomic E-state index is 0.788. The van der Waals surface area contributed by atoms with E-state index < -0.39 is 0 Å². The quantitative estimate of drug-likeness (QED) is 0.596. The molecule has 0 heterocycles. The molecule has 14 heavy (non-hydrogen) atoms. The molecular formula is C11H26N2S. The van der Waals surface area contributed by atoms with Crippen LogP contribution < -0.4 is 5.32 Å². The van der Waals surface area contributed by atoms with E-state index in [1.807, 2.05) is 11.8 Å². The summed E-state index contributed by atoms with van der Waals surface area (Å²) in [5, 5.41) is 4.28. The van der Waals surface area contributed by atoms with Crippen molar-refractivity contribution in [3.8, 4) is 0 Å². The third-order valence-electron chi connectivity index (χ3n) is 2.63. The Morgan fingerprint density at radius 3 is 2.36 bits per heavy atom. The number of nitrogens with one attached hydrogen (secondary N) is 1. The molecular weight excluding hydrogens is 192 g/mol. The van der Waals surface area contributed by atoms with Crippen LogP contribution in [0.4, 0.5) is 0 Å². The number of nitrogens with zero attached hydrogens (tertiary/aromatic N) is 1. The van der Waals surface area contributed by atoms with Gasteiger partial charge in [-0.2, -0.15) is 11.8 Å². The summed E-state index contributed by atoms with van der Waals surface area (Å²) in [6.07, 6.45) is 3.46. The van der Waals surface area contributed by atoms with E-state index in [1.165, 1.54) is 26.1 Å². The standard InChI is InChI=1S/C11H26N2S/c1-5-13(6-2)10-9-12-8-7-11(3)14-4/h11-12H,5-10H2,1-4H3. The van der Waals surface area contributed by atoms with Crippen LogP contribution in [0.15, 0.2) is 0 Å². The minimum Gasteiger partial charge on any atom is -0.315 e. The lowest BCUT2D eigenvalue weighted by Gasteiger charge is -2.18. The third-order valence-corrected chi connectivity index (χ3v) is 3.67. The van der Waals surface area contributed by atoms with Gasteiger partial charge in [0.2, 0.25) is 0 Å². The lowest BCUT2D eigenvalue weighted by Crippen LogP contribution is -2.32. The molecule has 2 nitrogen and oxygen atoms in total. The average Bonchev–Trinajstić information content (AvgIpc) is 2.23. The summed E-state index contributed by atoms with van der Waals surface area (Å²) in [6.45, 7) is 12.5. The Morgan fingerprint density at radius 1 is 1.21 bits per heavy atom. The summed E-state index contributed by atoms with van der Waals surface area (Å²) < 4.78 is 0. The van der Waals surface area contributed by atoms with E-state index in [2.05, 4.69) is 37.2 Å². The van der Waals surface area contributed by atoms with E-state index >= 15 is 0 Å². The number of thioether (sulfide) groups is 1. The zero-order valence-corrected chi connectivity index (χ0v) is 11.0. The Morgan fingerprint density at radius 2 is 1.86 bits per heavy atom. The summed E-state index contributed by atoms with van der Waals surface area (Å²) in [4.78, 5) is 2.45. The highest BCUT2D eigenvalue weighted by molar-refractivity contribution is 7.99. The van der Waals surface area contributed by atoms with Gasteiger partial charge in [0, 0.05) is 18.3 Å². The summed E-state index contributed by atoms with van der Waals surface area (Å²) >= 11 is 1.95. The van der Waals surface area contributed by atoms with Crippen LogP contribution in [-0.2, 0) is 0 Å². The largest absolute Gasteiger partial charge is 0.315 e. The van der Waals surface area contributed by atoms with Gasteiger partial charge < -0.3 is 10.2 Å². The minimum absolute atomic E-state index is 0.788. The van der Waals surface area contributed by atoms with Crippen LogP contribution in [0.25, 0.3) is 0 Å². The Bertz CT molecular complexity index is 116. The molecule has 0 aliphatic heterocycles. The van der Waals surface area contributed by atoms with Gasteiger partial charge >= 0.3 is 0 Å². The van der Waals surface area contributed by atoms with Gasteiger partial charge in [-0.15, -0.1) is 0 Å². The van der Waals surface area contributed by atoms with E-state index in [1.54, 1.807) is 0 Å². The molecule has 0 radical (unpaired) electrons. The molecule has 1 atom stereocenters. The first kappa shape index (κ1) is 14.3. The molecule has 0 amide bonds. The van der Waals surface area contributed by atoms with E-state index in [0.717, 1.165) is 18.3 Å². The van der Waals surface area contributed by atoms with Gasteiger partial charge in [-0.05, 0) is 32.3 Å². The maximum absolute atomic E-state index is 3.49. The fourth-order valence-corrected chi connectivity index (χ4v) is 1.68. The molecule has 0 spiro atoms. The molecule has 0 bridgehead atoms. The summed E-state index contributed by atoms with van der Waals surface area (Å²) in [6, 6.07) is 0. The van der Waals surface area contributed by atoms with Crippen molar-refractivity contribution in [2.75, 3.05) is 39.0 Å². The van der Waals surface area contributed by atoms with Gasteiger partial charge in [-0.3, -0.25) is 0 Å². The summed E-state index contributed by atoms with van der Waals surface area (Å²) in [5.41, 5.74) is 0. The van der Waals surface area contributed by atoms with Crippen LogP contribution in [-0.4, -0.2) is 49.1 Å². The van der Waals surface area contributed by atoms with Gasteiger partial charge in [0.1, 0.15) is 0 Å².